The van der Waals surface area contributed by atoms with Crippen molar-refractivity contribution in [2.24, 2.45) is 11.0 Å². The van der Waals surface area contributed by atoms with Crippen LogP contribution in [-0.2, 0) is 4.79 Å². The first-order chi connectivity index (χ1) is 12.7. The molecule has 2 aromatic rings. The average Bonchev–Trinajstić information content (AvgIpc) is 2.70. The van der Waals surface area contributed by atoms with Gasteiger partial charge in [0.05, 0.1) is 11.8 Å². The van der Waals surface area contributed by atoms with Gasteiger partial charge in [0, 0.05) is 5.92 Å². The summed E-state index contributed by atoms with van der Waals surface area (Å²) in [5, 5.41) is 4.02. The maximum Gasteiger partial charge on any atom is 0.343 e. The Morgan fingerprint density at radius 1 is 0.962 bits per heavy atom. The van der Waals surface area contributed by atoms with Crippen LogP contribution in [0.4, 0.5) is 0 Å². The SMILES string of the molecule is O=C(Oc1ccc(/C=N/NC(=O)C2CCCCC2)cc1)c1ccccc1. The van der Waals surface area contributed by atoms with Gasteiger partial charge >= 0.3 is 5.97 Å². The molecule has 0 unspecified atom stereocenters. The lowest BCUT2D eigenvalue weighted by Crippen LogP contribution is -2.28. The summed E-state index contributed by atoms with van der Waals surface area (Å²) in [6.45, 7) is 0. The van der Waals surface area contributed by atoms with E-state index in [4.69, 9.17) is 4.74 Å². The third kappa shape index (κ3) is 5.02. The highest BCUT2D eigenvalue weighted by atomic mass is 16.5. The second-order valence-electron chi connectivity index (χ2n) is 6.39. The van der Waals surface area contributed by atoms with Crippen molar-refractivity contribution in [3.8, 4) is 5.75 Å². The monoisotopic (exact) mass is 350 g/mol. The molecule has 2 aromatic carbocycles. The summed E-state index contributed by atoms with van der Waals surface area (Å²) in [6.07, 6.45) is 6.93. The fraction of sp³-hybridized carbons (Fsp3) is 0.286. The van der Waals surface area contributed by atoms with E-state index in [1.165, 1.54) is 6.42 Å². The van der Waals surface area contributed by atoms with Gasteiger partial charge in [-0.05, 0) is 54.8 Å². The van der Waals surface area contributed by atoms with Crippen LogP contribution in [0.15, 0.2) is 59.7 Å². The smallest absolute Gasteiger partial charge is 0.343 e. The zero-order valence-corrected chi connectivity index (χ0v) is 14.6. The number of carbonyl (C=O) groups is 2. The maximum absolute atomic E-state index is 12.0. The lowest BCUT2D eigenvalue weighted by atomic mass is 9.89. The summed E-state index contributed by atoms with van der Waals surface area (Å²) in [5.41, 5.74) is 3.93. The fourth-order valence-corrected chi connectivity index (χ4v) is 2.99. The van der Waals surface area contributed by atoms with Crippen LogP contribution >= 0.6 is 0 Å². The number of rotatable bonds is 5. The molecule has 5 nitrogen and oxygen atoms in total. The van der Waals surface area contributed by atoms with E-state index in [2.05, 4.69) is 10.5 Å². The molecular weight excluding hydrogens is 328 g/mol. The molecule has 0 atom stereocenters. The predicted molar refractivity (Wildman–Crippen MR) is 100 cm³/mol. The number of carbonyl (C=O) groups excluding carboxylic acids is 2. The van der Waals surface area contributed by atoms with E-state index in [1.54, 1.807) is 54.7 Å². The van der Waals surface area contributed by atoms with Gasteiger partial charge in [-0.2, -0.15) is 5.10 Å². The molecule has 0 aromatic heterocycles. The first-order valence-electron chi connectivity index (χ1n) is 8.92. The minimum absolute atomic E-state index is 0.00522. The highest BCUT2D eigenvalue weighted by Gasteiger charge is 2.20. The summed E-state index contributed by atoms with van der Waals surface area (Å²) in [4.78, 5) is 24.0. The van der Waals surface area contributed by atoms with Crippen molar-refractivity contribution < 1.29 is 14.3 Å². The van der Waals surface area contributed by atoms with Crippen molar-refractivity contribution >= 4 is 18.1 Å². The molecule has 3 rings (SSSR count). The molecule has 0 radical (unpaired) electrons. The molecule has 0 aliphatic heterocycles. The van der Waals surface area contributed by atoms with Crippen molar-refractivity contribution in [3.05, 3.63) is 65.7 Å². The van der Waals surface area contributed by atoms with Gasteiger partial charge in [0.2, 0.25) is 5.91 Å². The molecule has 1 aliphatic carbocycles. The van der Waals surface area contributed by atoms with E-state index in [0.717, 1.165) is 31.2 Å². The summed E-state index contributed by atoms with van der Waals surface area (Å²) in [7, 11) is 0. The van der Waals surface area contributed by atoms with Crippen molar-refractivity contribution in [2.45, 2.75) is 32.1 Å². The maximum atomic E-state index is 12.0. The van der Waals surface area contributed by atoms with Crippen LogP contribution in [-0.4, -0.2) is 18.1 Å². The Morgan fingerprint density at radius 2 is 1.65 bits per heavy atom. The first kappa shape index (κ1) is 17.9. The second-order valence-corrected chi connectivity index (χ2v) is 6.39. The van der Waals surface area contributed by atoms with Gasteiger partial charge < -0.3 is 4.74 Å². The lowest BCUT2D eigenvalue weighted by Gasteiger charge is -2.19. The lowest BCUT2D eigenvalue weighted by molar-refractivity contribution is -0.125. The van der Waals surface area contributed by atoms with E-state index in [1.807, 2.05) is 6.07 Å². The summed E-state index contributed by atoms with van der Waals surface area (Å²) >= 11 is 0. The number of hydrogen-bond acceptors (Lipinski definition) is 4. The second kappa shape index (κ2) is 8.94. The Kier molecular flexibility index (Phi) is 6.14. The minimum Gasteiger partial charge on any atom is -0.423 e. The Morgan fingerprint density at radius 3 is 2.35 bits per heavy atom. The Hall–Kier alpha value is -2.95. The van der Waals surface area contributed by atoms with E-state index in [9.17, 15) is 9.59 Å². The molecule has 1 N–H and O–H groups in total. The Balaban J connectivity index is 1.51. The van der Waals surface area contributed by atoms with Gasteiger partial charge in [0.1, 0.15) is 5.75 Å². The number of benzene rings is 2. The van der Waals surface area contributed by atoms with E-state index < -0.39 is 5.97 Å². The molecule has 5 heteroatoms. The van der Waals surface area contributed by atoms with Crippen molar-refractivity contribution in [3.63, 3.8) is 0 Å². The third-order valence-electron chi connectivity index (χ3n) is 4.46. The summed E-state index contributed by atoms with van der Waals surface area (Å²) < 4.78 is 5.32. The van der Waals surface area contributed by atoms with Gasteiger partial charge in [-0.15, -0.1) is 0 Å². The van der Waals surface area contributed by atoms with Crippen molar-refractivity contribution in [2.75, 3.05) is 0 Å². The predicted octanol–water partition coefficient (Wildman–Crippen LogP) is 3.94. The Bertz CT molecular complexity index is 764. The van der Waals surface area contributed by atoms with Gasteiger partial charge in [0.15, 0.2) is 0 Å². The minimum atomic E-state index is -0.397. The largest absolute Gasteiger partial charge is 0.423 e. The van der Waals surface area contributed by atoms with Crippen molar-refractivity contribution in [1.29, 1.82) is 0 Å². The van der Waals surface area contributed by atoms with Crippen LogP contribution in [0.2, 0.25) is 0 Å². The van der Waals surface area contributed by atoms with Crippen LogP contribution in [0.5, 0.6) is 5.75 Å². The zero-order chi connectivity index (χ0) is 18.2. The standard InChI is InChI=1S/C21H22N2O3/c24-20(17-7-3-1-4-8-17)23-22-15-16-11-13-19(14-12-16)26-21(25)18-9-5-2-6-10-18/h2,5-6,9-15,17H,1,3-4,7-8H2,(H,23,24)/b22-15+. The van der Waals surface area contributed by atoms with Crippen LogP contribution in [0, 0.1) is 5.92 Å². The fourth-order valence-electron chi connectivity index (χ4n) is 2.99. The topological polar surface area (TPSA) is 67.8 Å². The molecule has 0 bridgehead atoms. The number of nitrogens with zero attached hydrogens (tertiary/aromatic N) is 1. The summed E-state index contributed by atoms with van der Waals surface area (Å²) in [6, 6.07) is 15.8. The number of ether oxygens (including phenoxy) is 1. The van der Waals surface area contributed by atoms with E-state index in [-0.39, 0.29) is 11.8 Å². The molecule has 1 aliphatic rings. The number of esters is 1. The molecule has 0 saturated heterocycles. The van der Waals surface area contributed by atoms with E-state index in [0.29, 0.717) is 11.3 Å². The van der Waals surface area contributed by atoms with Gasteiger partial charge in [-0.25, -0.2) is 10.2 Å². The average molecular weight is 350 g/mol. The Labute approximate surface area is 153 Å². The van der Waals surface area contributed by atoms with Gasteiger partial charge in [0.25, 0.3) is 0 Å². The van der Waals surface area contributed by atoms with Crippen molar-refractivity contribution in [1.82, 2.24) is 5.43 Å². The van der Waals surface area contributed by atoms with Crippen LogP contribution in [0.1, 0.15) is 48.0 Å². The third-order valence-corrected chi connectivity index (χ3v) is 4.46. The molecule has 0 spiro atoms. The molecule has 1 amide bonds. The zero-order valence-electron chi connectivity index (χ0n) is 14.6. The van der Waals surface area contributed by atoms with Gasteiger partial charge in [-0.3, -0.25) is 4.79 Å². The molecule has 26 heavy (non-hydrogen) atoms. The molecule has 1 saturated carbocycles. The van der Waals surface area contributed by atoms with E-state index >= 15 is 0 Å². The van der Waals surface area contributed by atoms with Crippen LogP contribution < -0.4 is 10.2 Å². The number of amides is 1. The molecule has 0 heterocycles. The summed E-state index contributed by atoms with van der Waals surface area (Å²) in [5.74, 6) is 0.143. The first-order valence-corrected chi connectivity index (χ1v) is 8.92. The molecular formula is C21H22N2O3. The van der Waals surface area contributed by atoms with Crippen LogP contribution in [0.3, 0.4) is 0 Å². The van der Waals surface area contributed by atoms with Crippen LogP contribution in [0.25, 0.3) is 0 Å². The van der Waals surface area contributed by atoms with Gasteiger partial charge in [-0.1, -0.05) is 37.5 Å². The number of hydrazone groups is 1. The molecule has 1 fully saturated rings. The highest BCUT2D eigenvalue weighted by molar-refractivity contribution is 5.91. The quantitative estimate of drug-likeness (QED) is 0.384. The number of hydrogen-bond donors (Lipinski definition) is 1. The number of nitrogens with one attached hydrogen (secondary N) is 1. The molecule has 134 valence electrons. The normalized spacial score (nSPS) is 14.9. The highest BCUT2D eigenvalue weighted by Crippen LogP contribution is 2.23.